The third kappa shape index (κ3) is 6.25. The van der Waals surface area contributed by atoms with Crippen LogP contribution in [-0.4, -0.2) is 37.7 Å². The van der Waals surface area contributed by atoms with Gasteiger partial charge in [-0.2, -0.15) is 0 Å². The number of rotatable bonds is 8. The molecule has 0 saturated carbocycles. The van der Waals surface area contributed by atoms with Crippen molar-refractivity contribution in [3.05, 3.63) is 34.9 Å². The molecule has 1 heterocycles. The highest BCUT2D eigenvalue weighted by atomic mass is 35.5. The van der Waals surface area contributed by atoms with Gasteiger partial charge in [0.15, 0.2) is 0 Å². The number of piperidine rings is 1. The number of hydrogen-bond acceptors (Lipinski definition) is 2. The third-order valence-corrected chi connectivity index (χ3v) is 3.10. The Morgan fingerprint density at radius 1 is 1.05 bits per heavy atom. The Hall–Kier alpha value is -0.570. The van der Waals surface area contributed by atoms with Crippen molar-refractivity contribution in [2.45, 2.75) is 38.4 Å². The molecule has 1 aromatic carbocycles. The minimum Gasteiger partial charge on any atom is -0.381 e. The molecule has 112 valence electrons. The molecule has 0 unspecified atom stereocenters. The molecule has 0 spiro atoms. The second kappa shape index (κ2) is 9.38. The lowest BCUT2D eigenvalue weighted by molar-refractivity contribution is 0.115. The van der Waals surface area contributed by atoms with Crippen molar-refractivity contribution in [1.29, 1.82) is 0 Å². The predicted molar refractivity (Wildman–Crippen MR) is 85.5 cm³/mol. The zero-order valence-corrected chi connectivity index (χ0v) is 12.0. The summed E-state index contributed by atoms with van der Waals surface area (Å²) in [4.78, 5) is 0.443. The third-order valence-electron chi connectivity index (χ3n) is 2.84. The van der Waals surface area contributed by atoms with Crippen LogP contribution in [-0.2, 0) is 11.2 Å². The van der Waals surface area contributed by atoms with Crippen molar-refractivity contribution >= 4 is 11.6 Å². The van der Waals surface area contributed by atoms with Crippen LogP contribution in [0.1, 0.15) is 51.2 Å². The number of ether oxygens (including phenoxy) is 1. The normalized spacial score (nSPS) is 36.5. The van der Waals surface area contributed by atoms with Crippen molar-refractivity contribution < 1.29 is 18.4 Å². The first-order chi connectivity index (χ1) is 13.6. The molecule has 1 aliphatic rings. The summed E-state index contributed by atoms with van der Waals surface area (Å²) in [6.07, 6.45) is -8.26. The molecule has 0 aromatic heterocycles. The van der Waals surface area contributed by atoms with Crippen molar-refractivity contribution in [3.63, 3.8) is 0 Å². The van der Waals surface area contributed by atoms with E-state index in [1.807, 2.05) is 12.1 Å². The van der Waals surface area contributed by atoms with E-state index >= 15 is 0 Å². The summed E-state index contributed by atoms with van der Waals surface area (Å²) in [6.45, 7) is -5.86. The van der Waals surface area contributed by atoms with E-state index in [0.717, 1.165) is 18.4 Å². The van der Waals surface area contributed by atoms with Crippen LogP contribution in [0.4, 0.5) is 0 Å². The van der Waals surface area contributed by atoms with Crippen LogP contribution in [0.5, 0.6) is 0 Å². The Bertz CT molecular complexity index is 696. The fourth-order valence-electron chi connectivity index (χ4n) is 1.82. The lowest BCUT2D eigenvalue weighted by atomic mass is 10.1. The van der Waals surface area contributed by atoms with E-state index < -0.39 is 32.1 Å². The molecule has 0 aliphatic carbocycles. The molecule has 20 heavy (non-hydrogen) atoms. The first-order valence-corrected chi connectivity index (χ1v) is 7.08. The first kappa shape index (κ1) is 7.13. The minimum absolute atomic E-state index is 0.134. The zero-order valence-electron chi connectivity index (χ0n) is 21.3. The lowest BCUT2D eigenvalue weighted by Crippen LogP contribution is -2.31. The fraction of sp³-hybridized carbons (Fsp3) is 0.647. The van der Waals surface area contributed by atoms with Crippen LogP contribution >= 0.6 is 11.6 Å². The van der Waals surface area contributed by atoms with Gasteiger partial charge in [0.2, 0.25) is 0 Å². The van der Waals surface area contributed by atoms with Gasteiger partial charge in [0, 0.05) is 38.5 Å². The topological polar surface area (TPSA) is 12.5 Å². The van der Waals surface area contributed by atoms with Crippen molar-refractivity contribution in [3.8, 4) is 0 Å². The van der Waals surface area contributed by atoms with E-state index in [4.69, 9.17) is 30.0 Å². The van der Waals surface area contributed by atoms with E-state index in [1.54, 1.807) is 12.1 Å². The van der Waals surface area contributed by atoms with Gasteiger partial charge in [-0.05, 0) is 62.7 Å². The molecule has 0 atom stereocenters. The summed E-state index contributed by atoms with van der Waals surface area (Å²) in [5, 5.41) is 0.661. The summed E-state index contributed by atoms with van der Waals surface area (Å²) in [5.41, 5.74) is 1.11. The highest BCUT2D eigenvalue weighted by molar-refractivity contribution is 6.30. The number of likely N-dealkylation sites (tertiary alicyclic amines) is 1. The quantitative estimate of drug-likeness (QED) is 0.669. The Balaban J connectivity index is 1.91. The molecule has 2 rings (SSSR count). The maximum absolute atomic E-state index is 8.05. The Labute approximate surface area is 142 Å². The van der Waals surface area contributed by atoms with Crippen LogP contribution < -0.4 is 0 Å². The second-order valence-corrected chi connectivity index (χ2v) is 4.88. The van der Waals surface area contributed by atoms with Crippen molar-refractivity contribution in [1.82, 2.24) is 4.90 Å². The molecule has 1 fully saturated rings. The molecule has 0 amide bonds. The molecule has 1 aliphatic heterocycles. The summed E-state index contributed by atoms with van der Waals surface area (Å²) >= 11 is 5.84. The molecular formula is C17H26ClNO. The van der Waals surface area contributed by atoms with Gasteiger partial charge in [-0.3, -0.25) is 0 Å². The summed E-state index contributed by atoms with van der Waals surface area (Å²) < 4.78 is 84.8. The van der Waals surface area contributed by atoms with E-state index in [9.17, 15) is 0 Å². The summed E-state index contributed by atoms with van der Waals surface area (Å²) in [7, 11) is 0. The van der Waals surface area contributed by atoms with Gasteiger partial charge in [0.05, 0.1) is 0 Å². The highest BCUT2D eigenvalue weighted by Crippen LogP contribution is 2.11. The average molecular weight is 306 g/mol. The van der Waals surface area contributed by atoms with Gasteiger partial charge in [0.1, 0.15) is 0 Å². The monoisotopic (exact) mass is 305 g/mol. The number of halogens is 1. The number of hydrogen-bond donors (Lipinski definition) is 0. The second-order valence-electron chi connectivity index (χ2n) is 4.45. The molecule has 1 aromatic rings. The van der Waals surface area contributed by atoms with Crippen LogP contribution in [0.3, 0.4) is 0 Å². The number of nitrogens with zero attached hydrogens (tertiary/aromatic N) is 1. The Morgan fingerprint density at radius 2 is 1.75 bits per heavy atom. The van der Waals surface area contributed by atoms with E-state index in [-0.39, 0.29) is 19.6 Å². The van der Waals surface area contributed by atoms with Gasteiger partial charge in [-0.25, -0.2) is 0 Å². The van der Waals surface area contributed by atoms with Gasteiger partial charge in [-0.1, -0.05) is 30.1 Å². The van der Waals surface area contributed by atoms with Gasteiger partial charge in [-0.15, -0.1) is 0 Å². The highest BCUT2D eigenvalue weighted by Gasteiger charge is 2.08. The van der Waals surface area contributed by atoms with E-state index in [1.165, 1.54) is 0 Å². The van der Waals surface area contributed by atoms with Crippen LogP contribution in [0, 0.1) is 0 Å². The van der Waals surface area contributed by atoms with Crippen LogP contribution in [0.15, 0.2) is 24.3 Å². The molecular weight excluding hydrogens is 270 g/mol. The maximum Gasteiger partial charge on any atom is 0.0478 e. The zero-order chi connectivity index (χ0) is 23.0. The smallest absolute Gasteiger partial charge is 0.0478 e. The Morgan fingerprint density at radius 3 is 2.50 bits per heavy atom. The van der Waals surface area contributed by atoms with Crippen LogP contribution in [0.25, 0.3) is 0 Å². The molecule has 0 radical (unpaired) electrons. The lowest BCUT2D eigenvalue weighted by Gasteiger charge is -2.26. The van der Waals surface area contributed by atoms with Crippen molar-refractivity contribution in [2.75, 3.05) is 32.8 Å². The summed E-state index contributed by atoms with van der Waals surface area (Å²) in [5.74, 6) is 0. The van der Waals surface area contributed by atoms with E-state index in [0.29, 0.717) is 16.5 Å². The van der Waals surface area contributed by atoms with Crippen molar-refractivity contribution in [2.24, 2.45) is 0 Å². The van der Waals surface area contributed by atoms with E-state index in [2.05, 4.69) is 0 Å². The molecule has 3 heteroatoms. The SMILES string of the molecule is [2H]C1([2H])N(CCCOCCCc2ccc(Cl)cc2)C([2H])([2H])C([2H])([2H])C([2H])([2H])C1([2H])[2H]. The molecule has 1 saturated heterocycles. The summed E-state index contributed by atoms with van der Waals surface area (Å²) in [6, 6.07) is 7.45. The largest absolute Gasteiger partial charge is 0.381 e. The fourth-order valence-corrected chi connectivity index (χ4v) is 1.94. The first-order valence-electron chi connectivity index (χ1n) is 11.7. The average Bonchev–Trinajstić information content (AvgIpc) is 2.63. The molecule has 0 bridgehead atoms. The Kier molecular flexibility index (Phi) is 3.34. The van der Waals surface area contributed by atoms with Gasteiger partial charge in [0.25, 0.3) is 0 Å². The van der Waals surface area contributed by atoms with Crippen LogP contribution in [0.2, 0.25) is 5.02 Å². The molecule has 0 N–H and O–H groups in total. The molecule has 2 nitrogen and oxygen atoms in total. The van der Waals surface area contributed by atoms with Gasteiger partial charge >= 0.3 is 0 Å². The van der Waals surface area contributed by atoms with Gasteiger partial charge < -0.3 is 9.64 Å². The predicted octanol–water partition coefficient (Wildman–Crippen LogP) is 4.17. The standard InChI is InChI=1S/C17H26ClNO/c18-17-9-7-16(8-10-17)6-4-14-20-15-5-13-19-11-2-1-3-12-19/h7-10H,1-6,11-15H2/i1D2,2D2,3D2,11D2,12D2. The number of aryl methyl sites for hydroxylation is 1. The minimum atomic E-state index is -3.37. The maximum atomic E-state index is 8.05. The number of benzene rings is 1.